The molecule has 0 spiro atoms. The first-order valence-corrected chi connectivity index (χ1v) is 6.14. The van der Waals surface area contributed by atoms with Gasteiger partial charge in [-0.05, 0) is 31.2 Å². The monoisotopic (exact) mass is 239 g/mol. The molecule has 1 fully saturated rings. The van der Waals surface area contributed by atoms with Crippen LogP contribution in [0.4, 0.5) is 0 Å². The van der Waals surface area contributed by atoms with Crippen LogP contribution in [0.25, 0.3) is 0 Å². The van der Waals surface area contributed by atoms with Gasteiger partial charge in [0.25, 0.3) is 5.91 Å². The second kappa shape index (κ2) is 4.65. The second-order valence-electron chi connectivity index (χ2n) is 3.84. The Balaban J connectivity index is 1.83. The minimum absolute atomic E-state index is 0.217. The van der Waals surface area contributed by atoms with E-state index >= 15 is 0 Å². The van der Waals surface area contributed by atoms with Crippen LogP contribution in [0.15, 0.2) is 16.8 Å². The molecule has 0 saturated heterocycles. The molecular weight excluding hydrogens is 226 g/mol. The van der Waals surface area contributed by atoms with E-state index in [4.69, 9.17) is 4.74 Å². The Kier molecular flexibility index (Phi) is 3.24. The fraction of sp³-hybridized carbons (Fsp3) is 0.455. The Morgan fingerprint density at radius 1 is 1.56 bits per heavy atom. The molecule has 2 rings (SSSR count). The molecule has 1 saturated carbocycles. The molecule has 86 valence electrons. The average molecular weight is 239 g/mol. The van der Waals surface area contributed by atoms with E-state index in [1.807, 2.05) is 0 Å². The largest absolute Gasteiger partial charge is 0.449 e. The van der Waals surface area contributed by atoms with E-state index in [0.717, 1.165) is 12.8 Å². The van der Waals surface area contributed by atoms with Crippen molar-refractivity contribution in [2.75, 3.05) is 0 Å². The maximum atomic E-state index is 11.5. The molecule has 1 aliphatic carbocycles. The Morgan fingerprint density at radius 3 is 2.88 bits per heavy atom. The highest BCUT2D eigenvalue weighted by atomic mass is 32.1. The maximum absolute atomic E-state index is 11.5. The Labute approximate surface area is 97.6 Å². The van der Waals surface area contributed by atoms with Gasteiger partial charge in [0.05, 0.1) is 5.56 Å². The summed E-state index contributed by atoms with van der Waals surface area (Å²) in [5, 5.41) is 6.29. The van der Waals surface area contributed by atoms with Crippen LogP contribution in [0.1, 0.15) is 30.1 Å². The standard InChI is InChI=1S/C11H13NO3S/c1-7(10(13)12-9-2-3-9)15-11(14)8-4-5-16-6-8/h4-7,9H,2-3H2,1H3,(H,12,13)/t7-/m0/s1. The first kappa shape index (κ1) is 11.1. The predicted octanol–water partition coefficient (Wildman–Crippen LogP) is 1.57. The number of hydrogen-bond acceptors (Lipinski definition) is 4. The fourth-order valence-electron chi connectivity index (χ4n) is 1.21. The van der Waals surface area contributed by atoms with E-state index < -0.39 is 12.1 Å². The van der Waals surface area contributed by atoms with Gasteiger partial charge in [0.15, 0.2) is 6.10 Å². The first-order chi connectivity index (χ1) is 7.66. The summed E-state index contributed by atoms with van der Waals surface area (Å²) in [7, 11) is 0. The molecule has 0 bridgehead atoms. The van der Waals surface area contributed by atoms with Crippen LogP contribution in [0.5, 0.6) is 0 Å². The summed E-state index contributed by atoms with van der Waals surface area (Å²) in [5.74, 6) is -0.661. The van der Waals surface area contributed by atoms with Crippen LogP contribution < -0.4 is 5.32 Å². The van der Waals surface area contributed by atoms with Crippen LogP contribution in [0, 0.1) is 0 Å². The molecule has 0 aromatic carbocycles. The molecule has 1 amide bonds. The van der Waals surface area contributed by atoms with Crippen molar-refractivity contribution in [3.63, 3.8) is 0 Å². The number of carbonyl (C=O) groups excluding carboxylic acids is 2. The lowest BCUT2D eigenvalue weighted by molar-refractivity contribution is -0.129. The van der Waals surface area contributed by atoms with Crippen molar-refractivity contribution in [2.45, 2.75) is 31.9 Å². The van der Waals surface area contributed by atoms with Crippen LogP contribution in [0.2, 0.25) is 0 Å². The van der Waals surface area contributed by atoms with Gasteiger partial charge in [-0.1, -0.05) is 0 Å². The van der Waals surface area contributed by atoms with Crippen molar-refractivity contribution in [3.8, 4) is 0 Å². The number of nitrogens with one attached hydrogen (secondary N) is 1. The normalized spacial score (nSPS) is 16.6. The Bertz CT molecular complexity index is 384. The number of carbonyl (C=O) groups is 2. The van der Waals surface area contributed by atoms with Crippen molar-refractivity contribution in [1.82, 2.24) is 5.32 Å². The van der Waals surface area contributed by atoms with Gasteiger partial charge < -0.3 is 10.1 Å². The minimum Gasteiger partial charge on any atom is -0.449 e. The van der Waals surface area contributed by atoms with Gasteiger partial charge in [0, 0.05) is 11.4 Å². The molecule has 1 aromatic heterocycles. The quantitative estimate of drug-likeness (QED) is 0.811. The third-order valence-electron chi connectivity index (χ3n) is 2.33. The highest BCUT2D eigenvalue weighted by molar-refractivity contribution is 7.08. The van der Waals surface area contributed by atoms with Gasteiger partial charge in [-0.3, -0.25) is 4.79 Å². The van der Waals surface area contributed by atoms with Gasteiger partial charge in [0.1, 0.15) is 0 Å². The van der Waals surface area contributed by atoms with Crippen LogP contribution in [-0.2, 0) is 9.53 Å². The number of thiophene rings is 1. The van der Waals surface area contributed by atoms with Crippen molar-refractivity contribution < 1.29 is 14.3 Å². The molecule has 0 aliphatic heterocycles. The SMILES string of the molecule is C[C@H](OC(=O)c1ccsc1)C(=O)NC1CC1. The number of ether oxygens (including phenoxy) is 1. The number of hydrogen-bond donors (Lipinski definition) is 1. The first-order valence-electron chi connectivity index (χ1n) is 5.20. The van der Waals surface area contributed by atoms with Gasteiger partial charge in [0.2, 0.25) is 0 Å². The second-order valence-corrected chi connectivity index (χ2v) is 4.62. The predicted molar refractivity (Wildman–Crippen MR) is 60.4 cm³/mol. The van der Waals surface area contributed by atoms with Crippen LogP contribution >= 0.6 is 11.3 Å². The lowest BCUT2D eigenvalue weighted by Crippen LogP contribution is -2.37. The molecule has 1 heterocycles. The van der Waals surface area contributed by atoms with Crippen molar-refractivity contribution in [2.24, 2.45) is 0 Å². The highest BCUT2D eigenvalue weighted by Crippen LogP contribution is 2.19. The summed E-state index contributed by atoms with van der Waals surface area (Å²) in [6.07, 6.45) is 1.32. The van der Waals surface area contributed by atoms with Crippen molar-refractivity contribution in [3.05, 3.63) is 22.4 Å². The van der Waals surface area contributed by atoms with E-state index in [1.165, 1.54) is 11.3 Å². The van der Waals surface area contributed by atoms with Crippen molar-refractivity contribution in [1.29, 1.82) is 0 Å². The summed E-state index contributed by atoms with van der Waals surface area (Å²) in [5.41, 5.74) is 0.496. The molecule has 5 heteroatoms. The molecule has 1 aliphatic rings. The molecule has 0 unspecified atom stereocenters. The minimum atomic E-state index is -0.729. The Morgan fingerprint density at radius 2 is 2.31 bits per heavy atom. The summed E-state index contributed by atoms with van der Waals surface area (Å²) < 4.78 is 5.04. The summed E-state index contributed by atoms with van der Waals surface area (Å²) >= 11 is 1.42. The van der Waals surface area contributed by atoms with Gasteiger partial charge in [-0.2, -0.15) is 11.3 Å². The number of rotatable bonds is 4. The molecule has 1 atom stereocenters. The van der Waals surface area contributed by atoms with E-state index in [0.29, 0.717) is 5.56 Å². The number of esters is 1. The average Bonchev–Trinajstić information content (AvgIpc) is 2.89. The van der Waals surface area contributed by atoms with E-state index in [-0.39, 0.29) is 11.9 Å². The van der Waals surface area contributed by atoms with Gasteiger partial charge in [-0.15, -0.1) is 0 Å². The third-order valence-corrected chi connectivity index (χ3v) is 3.02. The zero-order valence-corrected chi connectivity index (χ0v) is 9.75. The van der Waals surface area contributed by atoms with Crippen LogP contribution in [-0.4, -0.2) is 24.0 Å². The number of amides is 1. The molecule has 1 N–H and O–H groups in total. The zero-order chi connectivity index (χ0) is 11.5. The van der Waals surface area contributed by atoms with Gasteiger partial charge >= 0.3 is 5.97 Å². The van der Waals surface area contributed by atoms with E-state index in [1.54, 1.807) is 23.8 Å². The topological polar surface area (TPSA) is 55.4 Å². The summed E-state index contributed by atoms with van der Waals surface area (Å²) in [4.78, 5) is 23.0. The molecule has 16 heavy (non-hydrogen) atoms. The maximum Gasteiger partial charge on any atom is 0.339 e. The third kappa shape index (κ3) is 2.82. The molecule has 1 aromatic rings. The lowest BCUT2D eigenvalue weighted by atomic mass is 10.3. The molecule has 0 radical (unpaired) electrons. The zero-order valence-electron chi connectivity index (χ0n) is 8.93. The highest BCUT2D eigenvalue weighted by Gasteiger charge is 2.27. The van der Waals surface area contributed by atoms with E-state index in [9.17, 15) is 9.59 Å². The summed E-state index contributed by atoms with van der Waals surface area (Å²) in [6.45, 7) is 1.59. The van der Waals surface area contributed by atoms with Crippen molar-refractivity contribution >= 4 is 23.2 Å². The lowest BCUT2D eigenvalue weighted by Gasteiger charge is -2.12. The van der Waals surface area contributed by atoms with Crippen LogP contribution in [0.3, 0.4) is 0 Å². The molecule has 4 nitrogen and oxygen atoms in total. The Hall–Kier alpha value is -1.36. The fourth-order valence-corrected chi connectivity index (χ4v) is 1.83. The molecular formula is C11H13NO3S. The van der Waals surface area contributed by atoms with E-state index in [2.05, 4.69) is 5.32 Å². The van der Waals surface area contributed by atoms with Gasteiger partial charge in [-0.25, -0.2) is 4.79 Å². The smallest absolute Gasteiger partial charge is 0.339 e. The summed E-state index contributed by atoms with van der Waals surface area (Å²) in [6, 6.07) is 1.97.